The molecular formula is C12H26N2. The van der Waals surface area contributed by atoms with Crippen molar-refractivity contribution >= 4 is 0 Å². The molecule has 0 bridgehead atoms. The second-order valence-electron chi connectivity index (χ2n) is 4.59. The molecule has 1 aliphatic heterocycles. The van der Waals surface area contributed by atoms with Gasteiger partial charge in [-0.05, 0) is 52.2 Å². The average Bonchev–Trinajstić information content (AvgIpc) is 2.21. The highest BCUT2D eigenvalue weighted by molar-refractivity contribution is 4.78. The van der Waals surface area contributed by atoms with Crippen molar-refractivity contribution in [1.29, 1.82) is 0 Å². The summed E-state index contributed by atoms with van der Waals surface area (Å²) in [6.45, 7) is 10.7. The number of likely N-dealkylation sites (tertiary alicyclic amines) is 1. The molecule has 84 valence electrons. The molecule has 1 fully saturated rings. The van der Waals surface area contributed by atoms with Gasteiger partial charge in [-0.2, -0.15) is 0 Å². The predicted octanol–water partition coefficient (Wildman–Crippen LogP) is 2.25. The first-order valence-corrected chi connectivity index (χ1v) is 6.24. The third-order valence-corrected chi connectivity index (χ3v) is 3.26. The zero-order valence-corrected chi connectivity index (χ0v) is 10.1. The monoisotopic (exact) mass is 198 g/mol. The minimum Gasteiger partial charge on any atom is -0.311 e. The summed E-state index contributed by atoms with van der Waals surface area (Å²) < 4.78 is 0. The molecule has 0 unspecified atom stereocenters. The third-order valence-electron chi connectivity index (χ3n) is 3.26. The zero-order valence-electron chi connectivity index (χ0n) is 10.1. The summed E-state index contributed by atoms with van der Waals surface area (Å²) in [6, 6.07) is 1.47. The van der Waals surface area contributed by atoms with E-state index >= 15 is 0 Å². The number of hydrogen-bond donors (Lipinski definition) is 1. The number of nitrogens with one attached hydrogen (secondary N) is 1. The number of hydrogen-bond acceptors (Lipinski definition) is 2. The Balaban J connectivity index is 2.15. The minimum absolute atomic E-state index is 0.692. The van der Waals surface area contributed by atoms with Crippen LogP contribution < -0.4 is 5.32 Å². The van der Waals surface area contributed by atoms with E-state index in [-0.39, 0.29) is 0 Å². The lowest BCUT2D eigenvalue weighted by atomic mass is 10.0. The summed E-state index contributed by atoms with van der Waals surface area (Å²) in [7, 11) is 0. The van der Waals surface area contributed by atoms with Crippen molar-refractivity contribution in [1.82, 2.24) is 10.2 Å². The van der Waals surface area contributed by atoms with Crippen LogP contribution in [0.4, 0.5) is 0 Å². The van der Waals surface area contributed by atoms with Gasteiger partial charge in [-0.25, -0.2) is 0 Å². The van der Waals surface area contributed by atoms with Crippen LogP contribution in [0, 0.1) is 0 Å². The second-order valence-corrected chi connectivity index (χ2v) is 4.59. The summed E-state index contributed by atoms with van der Waals surface area (Å²) in [5, 5.41) is 3.70. The van der Waals surface area contributed by atoms with Crippen molar-refractivity contribution in [3.63, 3.8) is 0 Å². The summed E-state index contributed by atoms with van der Waals surface area (Å²) in [5.41, 5.74) is 0. The van der Waals surface area contributed by atoms with Crippen molar-refractivity contribution in [3.8, 4) is 0 Å². The van der Waals surface area contributed by atoms with Gasteiger partial charge in [-0.15, -0.1) is 0 Å². The Morgan fingerprint density at radius 2 is 1.93 bits per heavy atom. The number of piperidine rings is 1. The maximum atomic E-state index is 3.70. The third kappa shape index (κ3) is 3.97. The van der Waals surface area contributed by atoms with Crippen molar-refractivity contribution in [2.24, 2.45) is 0 Å². The van der Waals surface area contributed by atoms with Gasteiger partial charge in [-0.1, -0.05) is 13.8 Å². The maximum Gasteiger partial charge on any atom is 0.00938 e. The number of nitrogens with zero attached hydrogens (tertiary/aromatic N) is 1. The Morgan fingerprint density at radius 3 is 2.43 bits per heavy atom. The zero-order chi connectivity index (χ0) is 10.4. The maximum absolute atomic E-state index is 3.70. The van der Waals surface area contributed by atoms with E-state index in [0.29, 0.717) is 6.04 Å². The highest BCUT2D eigenvalue weighted by Gasteiger charge is 2.18. The van der Waals surface area contributed by atoms with E-state index in [2.05, 4.69) is 31.0 Å². The normalized spacial score (nSPS) is 22.5. The summed E-state index contributed by atoms with van der Waals surface area (Å²) >= 11 is 0. The van der Waals surface area contributed by atoms with E-state index in [1.807, 2.05) is 0 Å². The van der Waals surface area contributed by atoms with Crippen LogP contribution in [0.5, 0.6) is 0 Å². The topological polar surface area (TPSA) is 15.3 Å². The lowest BCUT2D eigenvalue weighted by Crippen LogP contribution is -2.45. The van der Waals surface area contributed by atoms with E-state index in [1.54, 1.807) is 0 Å². The first-order valence-electron chi connectivity index (χ1n) is 6.24. The van der Waals surface area contributed by atoms with Gasteiger partial charge in [0.1, 0.15) is 0 Å². The summed E-state index contributed by atoms with van der Waals surface area (Å²) in [6.07, 6.45) is 5.22. The van der Waals surface area contributed by atoms with Gasteiger partial charge in [0.15, 0.2) is 0 Å². The molecule has 1 N–H and O–H groups in total. The molecule has 2 heteroatoms. The smallest absolute Gasteiger partial charge is 0.00938 e. The van der Waals surface area contributed by atoms with Crippen LogP contribution >= 0.6 is 0 Å². The van der Waals surface area contributed by atoms with E-state index in [4.69, 9.17) is 0 Å². The first-order chi connectivity index (χ1) is 6.76. The molecule has 0 radical (unpaired) electrons. The Hall–Kier alpha value is -0.0800. The van der Waals surface area contributed by atoms with Gasteiger partial charge < -0.3 is 10.2 Å². The van der Waals surface area contributed by atoms with E-state index in [1.165, 1.54) is 45.3 Å². The fourth-order valence-electron chi connectivity index (χ4n) is 2.16. The van der Waals surface area contributed by atoms with Gasteiger partial charge in [0.2, 0.25) is 0 Å². The summed E-state index contributed by atoms with van der Waals surface area (Å²) in [4.78, 5) is 2.59. The molecule has 1 heterocycles. The molecule has 2 nitrogen and oxygen atoms in total. The molecule has 1 aliphatic rings. The fraction of sp³-hybridized carbons (Fsp3) is 1.00. The molecule has 0 aliphatic carbocycles. The van der Waals surface area contributed by atoms with Crippen LogP contribution in [-0.4, -0.2) is 36.6 Å². The van der Waals surface area contributed by atoms with Crippen molar-refractivity contribution < 1.29 is 0 Å². The molecular weight excluding hydrogens is 172 g/mol. The van der Waals surface area contributed by atoms with E-state index in [9.17, 15) is 0 Å². The molecule has 0 aromatic carbocycles. The molecule has 1 atom stereocenters. The van der Waals surface area contributed by atoms with E-state index in [0.717, 1.165) is 6.04 Å². The molecule has 0 amide bonds. The molecule has 14 heavy (non-hydrogen) atoms. The SMILES string of the molecule is CCCN1CCC(N[C@@H](C)CC)CC1. The van der Waals surface area contributed by atoms with Gasteiger partial charge in [-0.3, -0.25) is 0 Å². The van der Waals surface area contributed by atoms with Crippen molar-refractivity contribution in [2.75, 3.05) is 19.6 Å². The average molecular weight is 198 g/mol. The Bertz CT molecular complexity index is 139. The van der Waals surface area contributed by atoms with Crippen molar-refractivity contribution in [2.45, 2.75) is 58.5 Å². The lowest BCUT2D eigenvalue weighted by molar-refractivity contribution is 0.192. The lowest BCUT2D eigenvalue weighted by Gasteiger charge is -2.33. The van der Waals surface area contributed by atoms with Crippen LogP contribution in [0.3, 0.4) is 0 Å². The van der Waals surface area contributed by atoms with Gasteiger partial charge in [0.25, 0.3) is 0 Å². The second kappa shape index (κ2) is 6.41. The Morgan fingerprint density at radius 1 is 1.29 bits per heavy atom. The first kappa shape index (κ1) is 12.0. The van der Waals surface area contributed by atoms with Gasteiger partial charge in [0.05, 0.1) is 0 Å². The molecule has 0 aromatic heterocycles. The van der Waals surface area contributed by atoms with Crippen molar-refractivity contribution in [3.05, 3.63) is 0 Å². The highest BCUT2D eigenvalue weighted by Crippen LogP contribution is 2.11. The highest BCUT2D eigenvalue weighted by atomic mass is 15.1. The number of rotatable bonds is 5. The van der Waals surface area contributed by atoms with Crippen LogP contribution in [0.2, 0.25) is 0 Å². The van der Waals surface area contributed by atoms with Crippen LogP contribution in [-0.2, 0) is 0 Å². The Labute approximate surface area is 89.1 Å². The molecule has 1 saturated heterocycles. The predicted molar refractivity (Wildman–Crippen MR) is 62.6 cm³/mol. The van der Waals surface area contributed by atoms with Gasteiger partial charge >= 0.3 is 0 Å². The van der Waals surface area contributed by atoms with Gasteiger partial charge in [0, 0.05) is 12.1 Å². The summed E-state index contributed by atoms with van der Waals surface area (Å²) in [5.74, 6) is 0. The molecule has 1 rings (SSSR count). The van der Waals surface area contributed by atoms with Crippen LogP contribution in [0.15, 0.2) is 0 Å². The minimum atomic E-state index is 0.692. The molecule has 0 saturated carbocycles. The standard InChI is InChI=1S/C12H26N2/c1-4-8-14-9-6-12(7-10-14)13-11(3)5-2/h11-13H,4-10H2,1-3H3/t11-/m0/s1. The quantitative estimate of drug-likeness (QED) is 0.729. The Kier molecular flexibility index (Phi) is 5.49. The fourth-order valence-corrected chi connectivity index (χ4v) is 2.16. The van der Waals surface area contributed by atoms with Crippen LogP contribution in [0.25, 0.3) is 0 Å². The van der Waals surface area contributed by atoms with E-state index < -0.39 is 0 Å². The molecule has 0 aromatic rings. The molecule has 0 spiro atoms. The van der Waals surface area contributed by atoms with Crippen LogP contribution in [0.1, 0.15) is 46.5 Å². The largest absolute Gasteiger partial charge is 0.311 e.